The molecular formula is C19H26N4O2S. The molecule has 6 nitrogen and oxygen atoms in total. The molecule has 1 aromatic carbocycles. The molecule has 0 atom stereocenters. The highest BCUT2D eigenvalue weighted by Gasteiger charge is 2.16. The van der Waals surface area contributed by atoms with E-state index in [1.54, 1.807) is 13.2 Å². The van der Waals surface area contributed by atoms with E-state index in [-0.39, 0.29) is 11.9 Å². The molecule has 0 saturated heterocycles. The van der Waals surface area contributed by atoms with E-state index in [1.807, 2.05) is 28.8 Å². The van der Waals surface area contributed by atoms with Crippen molar-refractivity contribution < 1.29 is 9.53 Å². The predicted molar refractivity (Wildman–Crippen MR) is 105 cm³/mol. The quantitative estimate of drug-likeness (QED) is 0.509. The molecule has 0 radical (unpaired) electrons. The number of carbonyl (C=O) groups is 1. The molecule has 0 fully saturated rings. The summed E-state index contributed by atoms with van der Waals surface area (Å²) in [5, 5.41) is 12.3. The lowest BCUT2D eigenvalue weighted by Crippen LogP contribution is -2.35. The number of amides is 1. The average Bonchev–Trinajstić information content (AvgIpc) is 3.07. The van der Waals surface area contributed by atoms with Crippen LogP contribution in [-0.4, -0.2) is 39.6 Å². The SMILES string of the molecule is C=CCn1c(SCC(=O)NC(CC)CC)nnc1-c1ccc(OC)cc1. The Kier molecular flexibility index (Phi) is 7.72. The number of hydrogen-bond acceptors (Lipinski definition) is 5. The molecular weight excluding hydrogens is 348 g/mol. The Balaban J connectivity index is 2.12. The summed E-state index contributed by atoms with van der Waals surface area (Å²) in [6.45, 7) is 8.53. The van der Waals surface area contributed by atoms with Crippen molar-refractivity contribution in [1.82, 2.24) is 20.1 Å². The summed E-state index contributed by atoms with van der Waals surface area (Å²) in [7, 11) is 1.64. The van der Waals surface area contributed by atoms with Gasteiger partial charge in [0.15, 0.2) is 11.0 Å². The fourth-order valence-corrected chi connectivity index (χ4v) is 3.29. The molecule has 7 heteroatoms. The number of carbonyl (C=O) groups excluding carboxylic acids is 1. The lowest BCUT2D eigenvalue weighted by Gasteiger charge is -2.14. The highest BCUT2D eigenvalue weighted by atomic mass is 32.2. The molecule has 0 aliphatic carbocycles. The lowest BCUT2D eigenvalue weighted by atomic mass is 10.2. The van der Waals surface area contributed by atoms with Crippen molar-refractivity contribution in [1.29, 1.82) is 0 Å². The number of hydrogen-bond donors (Lipinski definition) is 1. The summed E-state index contributed by atoms with van der Waals surface area (Å²) in [6, 6.07) is 7.88. The van der Waals surface area contributed by atoms with Crippen molar-refractivity contribution in [3.63, 3.8) is 0 Å². The second-order valence-electron chi connectivity index (χ2n) is 5.80. The van der Waals surface area contributed by atoms with Gasteiger partial charge in [-0.1, -0.05) is 31.7 Å². The first-order valence-electron chi connectivity index (χ1n) is 8.73. The zero-order chi connectivity index (χ0) is 18.9. The maximum atomic E-state index is 12.1. The second-order valence-corrected chi connectivity index (χ2v) is 6.75. The largest absolute Gasteiger partial charge is 0.497 e. The van der Waals surface area contributed by atoms with Crippen LogP contribution in [0.3, 0.4) is 0 Å². The van der Waals surface area contributed by atoms with Crippen molar-refractivity contribution in [2.75, 3.05) is 12.9 Å². The summed E-state index contributed by atoms with van der Waals surface area (Å²) >= 11 is 1.39. The summed E-state index contributed by atoms with van der Waals surface area (Å²) < 4.78 is 7.16. The van der Waals surface area contributed by atoms with E-state index in [0.29, 0.717) is 17.5 Å². The molecule has 1 amide bonds. The number of thioether (sulfide) groups is 1. The fourth-order valence-electron chi connectivity index (χ4n) is 2.54. The minimum atomic E-state index is 0.0165. The maximum absolute atomic E-state index is 12.1. The molecule has 1 heterocycles. The zero-order valence-electron chi connectivity index (χ0n) is 15.6. The number of rotatable bonds is 10. The second kappa shape index (κ2) is 10.0. The van der Waals surface area contributed by atoms with E-state index in [0.717, 1.165) is 30.0 Å². The Morgan fingerprint density at radius 3 is 2.58 bits per heavy atom. The number of nitrogens with one attached hydrogen (secondary N) is 1. The van der Waals surface area contributed by atoms with Gasteiger partial charge in [-0.2, -0.15) is 0 Å². The van der Waals surface area contributed by atoms with Gasteiger partial charge in [-0.3, -0.25) is 9.36 Å². The standard InChI is InChI=1S/C19H26N4O2S/c1-5-12-23-18(14-8-10-16(25-4)11-9-14)21-22-19(23)26-13-17(24)20-15(6-2)7-3/h5,8-11,15H,1,6-7,12-13H2,2-4H3,(H,20,24). The molecule has 1 aromatic heterocycles. The Morgan fingerprint density at radius 2 is 2.00 bits per heavy atom. The number of methoxy groups -OCH3 is 1. The van der Waals surface area contributed by atoms with Gasteiger partial charge in [0.25, 0.3) is 0 Å². The molecule has 0 aliphatic rings. The first kappa shape index (κ1) is 20.0. The highest BCUT2D eigenvalue weighted by molar-refractivity contribution is 7.99. The van der Waals surface area contributed by atoms with E-state index in [9.17, 15) is 4.79 Å². The molecule has 140 valence electrons. The van der Waals surface area contributed by atoms with E-state index in [2.05, 4.69) is 35.9 Å². The van der Waals surface area contributed by atoms with Crippen LogP contribution in [0.15, 0.2) is 42.1 Å². The number of ether oxygens (including phenoxy) is 1. The van der Waals surface area contributed by atoms with E-state index in [1.165, 1.54) is 11.8 Å². The third-order valence-electron chi connectivity index (χ3n) is 4.06. The van der Waals surface area contributed by atoms with E-state index in [4.69, 9.17) is 4.74 Å². The van der Waals surface area contributed by atoms with Crippen molar-refractivity contribution in [3.05, 3.63) is 36.9 Å². The molecule has 0 saturated carbocycles. The molecule has 2 rings (SSSR count). The first-order chi connectivity index (χ1) is 12.6. The summed E-state index contributed by atoms with van der Waals surface area (Å²) in [5.74, 6) is 1.86. The maximum Gasteiger partial charge on any atom is 0.230 e. The Hall–Kier alpha value is -2.28. The fraction of sp³-hybridized carbons (Fsp3) is 0.421. The van der Waals surface area contributed by atoms with Crippen LogP contribution in [0.1, 0.15) is 26.7 Å². The minimum absolute atomic E-state index is 0.0165. The van der Waals surface area contributed by atoms with Gasteiger partial charge in [-0.15, -0.1) is 16.8 Å². The highest BCUT2D eigenvalue weighted by Crippen LogP contribution is 2.25. The summed E-state index contributed by atoms with van der Waals surface area (Å²) in [6.07, 6.45) is 3.66. The topological polar surface area (TPSA) is 69.0 Å². The lowest BCUT2D eigenvalue weighted by molar-refractivity contribution is -0.119. The molecule has 26 heavy (non-hydrogen) atoms. The van der Waals surface area contributed by atoms with Gasteiger partial charge in [0.05, 0.1) is 12.9 Å². The Bertz CT molecular complexity index is 724. The van der Waals surface area contributed by atoms with E-state index >= 15 is 0 Å². The molecule has 0 aliphatic heterocycles. The number of benzene rings is 1. The summed E-state index contributed by atoms with van der Waals surface area (Å²) in [4.78, 5) is 12.1. The van der Waals surface area contributed by atoms with Gasteiger partial charge in [-0.25, -0.2) is 0 Å². The van der Waals surface area contributed by atoms with Crippen LogP contribution in [0.5, 0.6) is 5.75 Å². The van der Waals surface area contributed by atoms with Gasteiger partial charge in [0.2, 0.25) is 5.91 Å². The van der Waals surface area contributed by atoms with Gasteiger partial charge in [0.1, 0.15) is 5.75 Å². The van der Waals surface area contributed by atoms with Crippen molar-refractivity contribution in [2.24, 2.45) is 0 Å². The Morgan fingerprint density at radius 1 is 1.31 bits per heavy atom. The monoisotopic (exact) mass is 374 g/mol. The van der Waals surface area contributed by atoms with Crippen molar-refractivity contribution in [2.45, 2.75) is 44.4 Å². The van der Waals surface area contributed by atoms with Gasteiger partial charge in [0, 0.05) is 18.2 Å². The smallest absolute Gasteiger partial charge is 0.230 e. The molecule has 0 unspecified atom stereocenters. The normalized spacial score (nSPS) is 10.8. The van der Waals surface area contributed by atoms with Crippen LogP contribution in [0.25, 0.3) is 11.4 Å². The van der Waals surface area contributed by atoms with E-state index < -0.39 is 0 Å². The van der Waals surface area contributed by atoms with Gasteiger partial charge in [-0.05, 0) is 37.1 Å². The predicted octanol–water partition coefficient (Wildman–Crippen LogP) is 3.54. The van der Waals surface area contributed by atoms with Crippen LogP contribution in [0.4, 0.5) is 0 Å². The van der Waals surface area contributed by atoms with Gasteiger partial charge < -0.3 is 10.1 Å². The van der Waals surface area contributed by atoms with Crippen LogP contribution >= 0.6 is 11.8 Å². The number of nitrogens with zero attached hydrogens (tertiary/aromatic N) is 3. The molecule has 1 N–H and O–H groups in total. The van der Waals surface area contributed by atoms with Crippen LogP contribution in [0.2, 0.25) is 0 Å². The molecule has 2 aromatic rings. The number of aromatic nitrogens is 3. The van der Waals surface area contributed by atoms with Crippen molar-refractivity contribution in [3.8, 4) is 17.1 Å². The van der Waals surface area contributed by atoms with Gasteiger partial charge >= 0.3 is 0 Å². The van der Waals surface area contributed by atoms with Crippen molar-refractivity contribution >= 4 is 17.7 Å². The number of allylic oxidation sites excluding steroid dienone is 1. The average molecular weight is 375 g/mol. The first-order valence-corrected chi connectivity index (χ1v) is 9.72. The summed E-state index contributed by atoms with van der Waals surface area (Å²) in [5.41, 5.74) is 0.938. The Labute approximate surface area is 159 Å². The molecule has 0 spiro atoms. The van der Waals surface area contributed by atoms with Crippen LogP contribution in [-0.2, 0) is 11.3 Å². The third-order valence-corrected chi connectivity index (χ3v) is 5.03. The minimum Gasteiger partial charge on any atom is -0.497 e. The van der Waals surface area contributed by atoms with Crippen LogP contribution in [0, 0.1) is 0 Å². The zero-order valence-corrected chi connectivity index (χ0v) is 16.4. The molecule has 0 bridgehead atoms. The third kappa shape index (κ3) is 5.11. The van der Waals surface area contributed by atoms with Crippen LogP contribution < -0.4 is 10.1 Å².